The van der Waals surface area contributed by atoms with E-state index < -0.39 is 0 Å². The van der Waals surface area contributed by atoms with Gasteiger partial charge in [0.2, 0.25) is 0 Å². The molecule has 1 aliphatic rings. The van der Waals surface area contributed by atoms with Crippen LogP contribution in [0.4, 0.5) is 0 Å². The van der Waals surface area contributed by atoms with Crippen molar-refractivity contribution in [3.8, 4) is 0 Å². The highest BCUT2D eigenvalue weighted by Gasteiger charge is 2.30. The number of hydrogen-bond donors (Lipinski definition) is 1. The summed E-state index contributed by atoms with van der Waals surface area (Å²) in [6.07, 6.45) is 3.30. The molecule has 1 heterocycles. The van der Waals surface area contributed by atoms with Crippen molar-refractivity contribution < 1.29 is 4.74 Å². The lowest BCUT2D eigenvalue weighted by Gasteiger charge is -2.26. The molecular formula is C11H20N2O. The van der Waals surface area contributed by atoms with Gasteiger partial charge in [-0.15, -0.1) is 6.58 Å². The summed E-state index contributed by atoms with van der Waals surface area (Å²) in [6, 6.07) is 0.376. The average Bonchev–Trinajstić information content (AvgIpc) is 2.61. The van der Waals surface area contributed by atoms with Crippen LogP contribution in [0.2, 0.25) is 0 Å². The highest BCUT2D eigenvalue weighted by Crippen LogP contribution is 2.23. The first-order valence-corrected chi connectivity index (χ1v) is 4.97. The molecule has 1 aliphatic heterocycles. The van der Waals surface area contributed by atoms with Gasteiger partial charge in [-0.1, -0.05) is 12.7 Å². The van der Waals surface area contributed by atoms with Crippen molar-refractivity contribution in [3.05, 3.63) is 24.9 Å². The van der Waals surface area contributed by atoms with Crippen LogP contribution in [-0.4, -0.2) is 44.3 Å². The predicted molar refractivity (Wildman–Crippen MR) is 59.2 cm³/mol. The summed E-state index contributed by atoms with van der Waals surface area (Å²) in [5, 5.41) is 3.11. The van der Waals surface area contributed by atoms with Gasteiger partial charge in [0.15, 0.2) is 0 Å². The fourth-order valence-electron chi connectivity index (χ4n) is 1.89. The van der Waals surface area contributed by atoms with E-state index in [1.165, 1.54) is 0 Å². The topological polar surface area (TPSA) is 24.5 Å². The molecule has 1 saturated heterocycles. The van der Waals surface area contributed by atoms with Gasteiger partial charge in [-0.2, -0.15) is 0 Å². The molecule has 0 radical (unpaired) electrons. The minimum Gasteiger partial charge on any atom is -0.380 e. The molecule has 1 N–H and O–H groups in total. The summed E-state index contributed by atoms with van der Waals surface area (Å²) in [4.78, 5) is 2.26. The molecule has 3 heteroatoms. The number of likely N-dealkylation sites (tertiary alicyclic amines) is 1. The van der Waals surface area contributed by atoms with Crippen molar-refractivity contribution >= 4 is 0 Å². The minimum atomic E-state index is 0.312. The Hall–Kier alpha value is -0.800. The summed E-state index contributed by atoms with van der Waals surface area (Å²) in [5.74, 6) is 0. The first-order valence-electron chi connectivity index (χ1n) is 4.97. The fourth-order valence-corrected chi connectivity index (χ4v) is 1.89. The first kappa shape index (κ1) is 11.3. The maximum absolute atomic E-state index is 5.35. The third kappa shape index (κ3) is 2.36. The minimum absolute atomic E-state index is 0.312. The van der Waals surface area contributed by atoms with Gasteiger partial charge < -0.3 is 15.0 Å². The van der Waals surface area contributed by atoms with E-state index in [0.717, 1.165) is 25.2 Å². The van der Waals surface area contributed by atoms with E-state index >= 15 is 0 Å². The Bertz CT molecular complexity index is 215. The fraction of sp³-hybridized carbons (Fsp3) is 0.636. The second-order valence-electron chi connectivity index (χ2n) is 3.65. The second kappa shape index (κ2) is 5.17. The number of ether oxygens (including phenoxy) is 1. The Morgan fingerprint density at radius 2 is 2.43 bits per heavy atom. The van der Waals surface area contributed by atoms with Crippen molar-refractivity contribution in [3.63, 3.8) is 0 Å². The Balaban J connectivity index is 2.58. The van der Waals surface area contributed by atoms with Gasteiger partial charge in [-0.3, -0.25) is 0 Å². The Kier molecular flexibility index (Phi) is 4.17. The number of hydrogen-bond acceptors (Lipinski definition) is 3. The van der Waals surface area contributed by atoms with Crippen LogP contribution in [0, 0.1) is 0 Å². The molecule has 80 valence electrons. The number of likely N-dealkylation sites (N-methyl/N-ethyl adjacent to an activating group) is 1. The highest BCUT2D eigenvalue weighted by atomic mass is 16.5. The highest BCUT2D eigenvalue weighted by molar-refractivity contribution is 5.08. The van der Waals surface area contributed by atoms with Gasteiger partial charge in [0.1, 0.15) is 0 Å². The van der Waals surface area contributed by atoms with E-state index in [1.807, 2.05) is 13.1 Å². The first-order chi connectivity index (χ1) is 6.72. The zero-order chi connectivity index (χ0) is 10.6. The third-order valence-corrected chi connectivity index (χ3v) is 2.70. The lowest BCUT2D eigenvalue weighted by atomic mass is 10.2. The van der Waals surface area contributed by atoms with E-state index in [2.05, 4.69) is 23.4 Å². The van der Waals surface area contributed by atoms with Crippen molar-refractivity contribution in [2.75, 3.05) is 27.2 Å². The zero-order valence-corrected chi connectivity index (χ0v) is 9.12. The summed E-state index contributed by atoms with van der Waals surface area (Å²) in [7, 11) is 3.69. The summed E-state index contributed by atoms with van der Waals surface area (Å²) < 4.78 is 5.35. The number of methoxy groups -OCH3 is 1. The molecule has 1 fully saturated rings. The monoisotopic (exact) mass is 196 g/mol. The standard InChI is InChI=1S/C11H20N2O/c1-5-10-6-11(14-4)8-13(10)9(2)7-12-3/h5,10-12H,1-2,6-8H2,3-4H3. The van der Waals surface area contributed by atoms with Crippen LogP contribution >= 0.6 is 0 Å². The number of nitrogens with zero attached hydrogens (tertiary/aromatic N) is 1. The molecule has 0 aromatic carbocycles. The molecule has 3 nitrogen and oxygen atoms in total. The zero-order valence-electron chi connectivity index (χ0n) is 9.12. The van der Waals surface area contributed by atoms with Crippen LogP contribution in [0.25, 0.3) is 0 Å². The van der Waals surface area contributed by atoms with Gasteiger partial charge in [0, 0.05) is 31.9 Å². The maximum atomic E-state index is 5.35. The van der Waals surface area contributed by atoms with Crippen LogP contribution in [-0.2, 0) is 4.74 Å². The largest absolute Gasteiger partial charge is 0.380 e. The molecule has 0 aliphatic carbocycles. The number of nitrogens with one attached hydrogen (secondary N) is 1. The smallest absolute Gasteiger partial charge is 0.0768 e. The van der Waals surface area contributed by atoms with Crippen LogP contribution in [0.15, 0.2) is 24.9 Å². The molecule has 0 aromatic heterocycles. The van der Waals surface area contributed by atoms with Crippen LogP contribution in [0.1, 0.15) is 6.42 Å². The lowest BCUT2D eigenvalue weighted by Crippen LogP contribution is -2.31. The van der Waals surface area contributed by atoms with Gasteiger partial charge in [-0.05, 0) is 13.5 Å². The quantitative estimate of drug-likeness (QED) is 0.664. The molecular weight excluding hydrogens is 176 g/mol. The Morgan fingerprint density at radius 3 is 2.93 bits per heavy atom. The average molecular weight is 196 g/mol. The van der Waals surface area contributed by atoms with Crippen LogP contribution in [0.5, 0.6) is 0 Å². The van der Waals surface area contributed by atoms with Crippen molar-refractivity contribution in [2.45, 2.75) is 18.6 Å². The van der Waals surface area contributed by atoms with Crippen LogP contribution < -0.4 is 5.32 Å². The molecule has 0 bridgehead atoms. The van der Waals surface area contributed by atoms with Gasteiger partial charge in [-0.25, -0.2) is 0 Å². The normalized spacial score (nSPS) is 26.6. The second-order valence-corrected chi connectivity index (χ2v) is 3.65. The van der Waals surface area contributed by atoms with Gasteiger partial charge in [0.25, 0.3) is 0 Å². The van der Waals surface area contributed by atoms with Crippen molar-refractivity contribution in [1.82, 2.24) is 10.2 Å². The van der Waals surface area contributed by atoms with Gasteiger partial charge in [0.05, 0.1) is 6.10 Å². The van der Waals surface area contributed by atoms with E-state index in [1.54, 1.807) is 7.11 Å². The van der Waals surface area contributed by atoms with Gasteiger partial charge >= 0.3 is 0 Å². The number of rotatable bonds is 5. The van der Waals surface area contributed by atoms with Crippen molar-refractivity contribution in [2.24, 2.45) is 0 Å². The lowest BCUT2D eigenvalue weighted by molar-refractivity contribution is 0.111. The molecule has 0 spiro atoms. The van der Waals surface area contributed by atoms with Crippen LogP contribution in [0.3, 0.4) is 0 Å². The predicted octanol–water partition coefficient (Wildman–Crippen LogP) is 0.995. The molecule has 1 rings (SSSR count). The summed E-state index contributed by atoms with van der Waals surface area (Å²) in [6.45, 7) is 9.64. The maximum Gasteiger partial charge on any atom is 0.0768 e. The SMILES string of the molecule is C=CC1CC(OC)CN1C(=C)CNC. The third-order valence-electron chi connectivity index (χ3n) is 2.70. The van der Waals surface area contributed by atoms with E-state index in [-0.39, 0.29) is 0 Å². The van der Waals surface area contributed by atoms with E-state index in [9.17, 15) is 0 Å². The Morgan fingerprint density at radius 1 is 1.71 bits per heavy atom. The molecule has 0 aromatic rings. The van der Waals surface area contributed by atoms with Crippen molar-refractivity contribution in [1.29, 1.82) is 0 Å². The summed E-state index contributed by atoms with van der Waals surface area (Å²) >= 11 is 0. The molecule has 2 atom stereocenters. The molecule has 0 saturated carbocycles. The van der Waals surface area contributed by atoms with E-state index in [0.29, 0.717) is 12.1 Å². The summed E-state index contributed by atoms with van der Waals surface area (Å²) in [5.41, 5.74) is 1.11. The van der Waals surface area contributed by atoms with E-state index in [4.69, 9.17) is 4.74 Å². The molecule has 2 unspecified atom stereocenters. The molecule has 14 heavy (non-hydrogen) atoms. The Labute approximate surface area is 86.4 Å². The molecule has 0 amide bonds.